The third kappa shape index (κ3) is 6.53. The molecule has 6 atom stereocenters. The van der Waals surface area contributed by atoms with Crippen molar-refractivity contribution in [2.45, 2.75) is 121 Å². The maximum atomic E-state index is 14.7. The van der Waals surface area contributed by atoms with Crippen LogP contribution in [-0.2, 0) is 14.2 Å². The molecule has 1 aromatic rings. The minimum atomic E-state index is -5.16. The van der Waals surface area contributed by atoms with Crippen molar-refractivity contribution in [3.05, 3.63) is 46.5 Å². The molecular formula is C33H44F4O6. The Labute approximate surface area is 250 Å². The molecule has 1 saturated heterocycles. The standard InChI is InChI=1S/C33H44F4O6/c1-20-5-10-23(43-30(4,34)33(35,36)37)11-12-25(21-6-8-22(9-7-21)28(38)39)27-24(20)13-15-31(40)17-32(16-14-26(27)31)41-18-29(2,3)19-42-32/h6-9,20,23-25,40H,5,10-19H2,1-4H3,(H,38,39). The van der Waals surface area contributed by atoms with Gasteiger partial charge in [0, 0.05) is 31.1 Å². The number of alkyl halides is 4. The number of carboxylic acid groups (broad SMARTS) is 1. The molecule has 6 nitrogen and oxygen atoms in total. The monoisotopic (exact) mass is 612 g/mol. The van der Waals surface area contributed by atoms with E-state index in [1.807, 2.05) is 0 Å². The largest absolute Gasteiger partial charge is 0.478 e. The van der Waals surface area contributed by atoms with Crippen LogP contribution in [-0.4, -0.2) is 58.9 Å². The van der Waals surface area contributed by atoms with Crippen molar-refractivity contribution in [2.24, 2.45) is 17.3 Å². The molecule has 43 heavy (non-hydrogen) atoms. The van der Waals surface area contributed by atoms with Crippen LogP contribution in [0.3, 0.4) is 0 Å². The molecule has 240 valence electrons. The average Bonchev–Trinajstić information content (AvgIpc) is 2.98. The summed E-state index contributed by atoms with van der Waals surface area (Å²) in [6.07, 6.45) is -2.10. The first-order valence-corrected chi connectivity index (χ1v) is 15.4. The predicted octanol–water partition coefficient (Wildman–Crippen LogP) is 7.70. The Morgan fingerprint density at radius 1 is 0.977 bits per heavy atom. The molecule has 0 radical (unpaired) electrons. The van der Waals surface area contributed by atoms with Gasteiger partial charge in [0.05, 0.1) is 30.5 Å². The van der Waals surface area contributed by atoms with Gasteiger partial charge < -0.3 is 24.4 Å². The number of aromatic carboxylic acids is 1. The zero-order chi connectivity index (χ0) is 31.4. The highest BCUT2D eigenvalue weighted by Gasteiger charge is 2.56. The molecule has 0 bridgehead atoms. The summed E-state index contributed by atoms with van der Waals surface area (Å²) in [6.45, 7) is 7.70. The van der Waals surface area contributed by atoms with Crippen LogP contribution < -0.4 is 0 Å². The number of hydrogen-bond acceptors (Lipinski definition) is 5. The SMILES string of the molecule is CC1CCC(OC(C)(F)C(F)(F)F)CCC(c2ccc(C(=O)O)cc2)C2=C3CCC4(CC3(O)CCC21)OCC(C)(C)CO4. The van der Waals surface area contributed by atoms with Crippen molar-refractivity contribution >= 4 is 5.97 Å². The van der Waals surface area contributed by atoms with Crippen LogP contribution in [0.2, 0.25) is 0 Å². The fraction of sp³-hybridized carbons (Fsp3) is 0.727. The van der Waals surface area contributed by atoms with Gasteiger partial charge in [-0.25, -0.2) is 9.18 Å². The molecule has 0 amide bonds. The molecule has 4 aliphatic rings. The number of carboxylic acids is 1. The third-order valence-corrected chi connectivity index (χ3v) is 10.2. The summed E-state index contributed by atoms with van der Waals surface area (Å²) in [6, 6.07) is 6.56. The summed E-state index contributed by atoms with van der Waals surface area (Å²) in [4.78, 5) is 11.6. The summed E-state index contributed by atoms with van der Waals surface area (Å²) < 4.78 is 72.7. The maximum absolute atomic E-state index is 14.7. The van der Waals surface area contributed by atoms with Gasteiger partial charge in [0.1, 0.15) is 0 Å². The van der Waals surface area contributed by atoms with Gasteiger partial charge in [0.25, 0.3) is 0 Å². The molecule has 3 aliphatic carbocycles. The highest BCUT2D eigenvalue weighted by atomic mass is 19.4. The molecule has 3 fully saturated rings. The third-order valence-electron chi connectivity index (χ3n) is 10.2. The molecule has 1 aliphatic heterocycles. The molecule has 10 heteroatoms. The fourth-order valence-electron chi connectivity index (χ4n) is 7.66. The number of fused-ring (bicyclic) bond motifs is 2. The summed E-state index contributed by atoms with van der Waals surface area (Å²) in [5.41, 5.74) is 1.68. The predicted molar refractivity (Wildman–Crippen MR) is 151 cm³/mol. The Hall–Kier alpha value is -2.01. The van der Waals surface area contributed by atoms with Crippen LogP contribution >= 0.6 is 0 Å². The number of benzene rings is 1. The zero-order valence-electron chi connectivity index (χ0n) is 25.4. The minimum Gasteiger partial charge on any atom is -0.478 e. The molecule has 1 spiro atoms. The van der Waals surface area contributed by atoms with E-state index in [4.69, 9.17) is 14.2 Å². The Bertz CT molecular complexity index is 1210. The molecular weight excluding hydrogens is 568 g/mol. The average molecular weight is 613 g/mol. The lowest BCUT2D eigenvalue weighted by molar-refractivity contribution is -0.337. The van der Waals surface area contributed by atoms with E-state index in [1.54, 1.807) is 12.1 Å². The summed E-state index contributed by atoms with van der Waals surface area (Å²) in [5, 5.41) is 21.7. The van der Waals surface area contributed by atoms with Crippen LogP contribution in [0.15, 0.2) is 35.4 Å². The summed E-state index contributed by atoms with van der Waals surface area (Å²) in [5.74, 6) is -5.90. The molecule has 5 rings (SSSR count). The topological polar surface area (TPSA) is 85.2 Å². The van der Waals surface area contributed by atoms with E-state index in [0.29, 0.717) is 65.1 Å². The first-order valence-electron chi connectivity index (χ1n) is 15.4. The molecule has 1 aromatic carbocycles. The second-order valence-corrected chi connectivity index (χ2v) is 14.2. The number of halogens is 4. The maximum Gasteiger partial charge on any atom is 0.448 e. The van der Waals surface area contributed by atoms with Crippen molar-refractivity contribution in [1.29, 1.82) is 0 Å². The van der Waals surface area contributed by atoms with Crippen molar-refractivity contribution in [3.63, 3.8) is 0 Å². The number of carbonyl (C=O) groups is 1. The van der Waals surface area contributed by atoms with E-state index >= 15 is 0 Å². The van der Waals surface area contributed by atoms with Crippen LogP contribution in [0.4, 0.5) is 17.6 Å². The second-order valence-electron chi connectivity index (χ2n) is 14.2. The van der Waals surface area contributed by atoms with E-state index in [2.05, 4.69) is 20.8 Å². The lowest BCUT2D eigenvalue weighted by Gasteiger charge is -2.54. The van der Waals surface area contributed by atoms with Gasteiger partial charge in [-0.2, -0.15) is 13.2 Å². The first kappa shape index (κ1) is 32.4. The Morgan fingerprint density at radius 3 is 2.21 bits per heavy atom. The van der Waals surface area contributed by atoms with Gasteiger partial charge in [-0.05, 0) is 80.1 Å². The smallest absolute Gasteiger partial charge is 0.448 e. The van der Waals surface area contributed by atoms with E-state index in [9.17, 15) is 32.6 Å². The summed E-state index contributed by atoms with van der Waals surface area (Å²) in [7, 11) is 0. The Morgan fingerprint density at radius 2 is 1.60 bits per heavy atom. The Balaban J connectivity index is 1.54. The zero-order valence-corrected chi connectivity index (χ0v) is 25.4. The minimum absolute atomic E-state index is 0.0488. The number of ether oxygens (including phenoxy) is 3. The Kier molecular flexibility index (Phi) is 8.59. The first-order chi connectivity index (χ1) is 19.9. The highest BCUT2D eigenvalue weighted by Crippen LogP contribution is 2.56. The van der Waals surface area contributed by atoms with Crippen LogP contribution in [0.5, 0.6) is 0 Å². The van der Waals surface area contributed by atoms with Crippen molar-refractivity contribution in [2.75, 3.05) is 13.2 Å². The lowest BCUT2D eigenvalue weighted by atomic mass is 9.60. The number of aliphatic hydroxyl groups is 1. The number of rotatable bonds is 4. The van der Waals surface area contributed by atoms with Crippen molar-refractivity contribution in [3.8, 4) is 0 Å². The van der Waals surface area contributed by atoms with Gasteiger partial charge in [-0.15, -0.1) is 0 Å². The molecule has 2 N–H and O–H groups in total. The van der Waals surface area contributed by atoms with Crippen molar-refractivity contribution < 1.29 is 46.8 Å². The molecule has 2 saturated carbocycles. The normalized spacial score (nSPS) is 34.3. The summed E-state index contributed by atoms with van der Waals surface area (Å²) >= 11 is 0. The van der Waals surface area contributed by atoms with Crippen molar-refractivity contribution in [1.82, 2.24) is 0 Å². The van der Waals surface area contributed by atoms with Gasteiger partial charge >= 0.3 is 18.0 Å². The molecule has 6 unspecified atom stereocenters. The fourth-order valence-corrected chi connectivity index (χ4v) is 7.66. The van der Waals surface area contributed by atoms with E-state index < -0.39 is 35.5 Å². The quantitative estimate of drug-likeness (QED) is 0.268. The van der Waals surface area contributed by atoms with E-state index in [0.717, 1.165) is 16.7 Å². The van der Waals surface area contributed by atoms with E-state index in [-0.39, 0.29) is 41.6 Å². The lowest BCUT2D eigenvalue weighted by Crippen LogP contribution is -2.56. The number of hydrogen-bond donors (Lipinski definition) is 2. The highest BCUT2D eigenvalue weighted by molar-refractivity contribution is 5.87. The van der Waals surface area contributed by atoms with E-state index in [1.165, 1.54) is 12.1 Å². The number of allylic oxidation sites excluding steroid dienone is 1. The molecule has 1 heterocycles. The van der Waals surface area contributed by atoms with Gasteiger partial charge in [-0.3, -0.25) is 0 Å². The van der Waals surface area contributed by atoms with Gasteiger partial charge in [0.2, 0.25) is 0 Å². The molecule has 0 aromatic heterocycles. The van der Waals surface area contributed by atoms with Crippen LogP contribution in [0, 0.1) is 17.3 Å². The van der Waals surface area contributed by atoms with Gasteiger partial charge in [-0.1, -0.05) is 38.5 Å². The van der Waals surface area contributed by atoms with Gasteiger partial charge in [0.15, 0.2) is 5.79 Å². The second kappa shape index (κ2) is 11.4. The van der Waals surface area contributed by atoms with Crippen LogP contribution in [0.25, 0.3) is 0 Å². The van der Waals surface area contributed by atoms with Crippen LogP contribution in [0.1, 0.15) is 107 Å².